The average molecular weight is 273 g/mol. The zero-order chi connectivity index (χ0) is 15.3. The summed E-state index contributed by atoms with van der Waals surface area (Å²) in [6, 6.07) is 4.84. The van der Waals surface area contributed by atoms with E-state index in [9.17, 15) is 9.18 Å². The number of hydrogen-bond donors (Lipinski definition) is 0. The first-order valence-corrected chi connectivity index (χ1v) is 6.89. The molecule has 0 fully saturated rings. The monoisotopic (exact) mass is 273 g/mol. The molecule has 0 N–H and O–H groups in total. The van der Waals surface area contributed by atoms with Crippen molar-refractivity contribution in [1.82, 2.24) is 0 Å². The first-order chi connectivity index (χ1) is 9.40. The van der Waals surface area contributed by atoms with E-state index in [0.717, 1.165) is 23.2 Å². The van der Waals surface area contributed by atoms with Gasteiger partial charge in [-0.25, -0.2) is 4.39 Å². The molecule has 106 valence electrons. The van der Waals surface area contributed by atoms with Gasteiger partial charge in [-0.15, -0.1) is 0 Å². The van der Waals surface area contributed by atoms with Crippen molar-refractivity contribution in [3.8, 4) is 0 Å². The highest BCUT2D eigenvalue weighted by atomic mass is 19.1. The van der Waals surface area contributed by atoms with Crippen molar-refractivity contribution in [3.05, 3.63) is 41.7 Å². The maximum Gasteiger partial charge on any atom is 0.238 e. The number of aryl methyl sites for hydroxylation is 1. The second kappa shape index (κ2) is 7.27. The first kappa shape index (κ1) is 16.5. The van der Waals surface area contributed by atoms with Gasteiger partial charge in [0, 0.05) is 0 Å². The molecular weight excluding hydrogens is 252 g/mol. The molecule has 20 heavy (non-hydrogen) atoms. The van der Waals surface area contributed by atoms with E-state index in [1.165, 1.54) is 6.07 Å². The fraction of sp³-hybridized carbons (Fsp3) is 0.438. The molecular formula is C16H21BFNO. The lowest BCUT2D eigenvalue weighted by Gasteiger charge is -2.25. The third kappa shape index (κ3) is 3.72. The lowest BCUT2D eigenvalue weighted by atomic mass is 9.92. The number of rotatable bonds is 6. The van der Waals surface area contributed by atoms with Crippen LogP contribution in [0.25, 0.3) is 0 Å². The van der Waals surface area contributed by atoms with Crippen LogP contribution in [-0.2, 0) is 4.79 Å². The molecule has 1 aromatic carbocycles. The quantitative estimate of drug-likeness (QED) is 0.568. The molecule has 0 aromatic heterocycles. The number of benzene rings is 1. The Morgan fingerprint density at radius 2 is 2.15 bits per heavy atom. The minimum absolute atomic E-state index is 0.109. The maximum atomic E-state index is 14.0. The fourth-order valence-corrected chi connectivity index (χ4v) is 2.09. The molecule has 0 spiro atoms. The number of nitrogens with zero attached hydrogens (tertiary/aromatic N) is 1. The van der Waals surface area contributed by atoms with Gasteiger partial charge < -0.3 is 4.81 Å². The average Bonchev–Trinajstić information content (AvgIpc) is 2.41. The van der Waals surface area contributed by atoms with Crippen LogP contribution in [0, 0.1) is 18.7 Å². The van der Waals surface area contributed by atoms with Crippen molar-refractivity contribution in [2.75, 3.05) is 4.81 Å². The summed E-state index contributed by atoms with van der Waals surface area (Å²) in [4.78, 5) is 13.3. The topological polar surface area (TPSA) is 20.3 Å². The molecule has 0 aliphatic heterocycles. The van der Waals surface area contributed by atoms with Gasteiger partial charge in [0.05, 0.1) is 11.6 Å². The van der Waals surface area contributed by atoms with Crippen molar-refractivity contribution < 1.29 is 9.18 Å². The minimum atomic E-state index is -0.459. The van der Waals surface area contributed by atoms with E-state index in [0.29, 0.717) is 12.0 Å². The molecule has 2 radical (unpaired) electrons. The molecule has 1 rings (SSSR count). The van der Waals surface area contributed by atoms with Gasteiger partial charge in [0.2, 0.25) is 13.9 Å². The minimum Gasteiger partial charge on any atom is -0.366 e. The van der Waals surface area contributed by atoms with E-state index in [-0.39, 0.29) is 17.5 Å². The summed E-state index contributed by atoms with van der Waals surface area (Å²) in [6.45, 7) is 9.35. The number of anilines is 1. The van der Waals surface area contributed by atoms with Crippen molar-refractivity contribution in [2.45, 2.75) is 40.0 Å². The summed E-state index contributed by atoms with van der Waals surface area (Å²) < 4.78 is 14.0. The largest absolute Gasteiger partial charge is 0.366 e. The van der Waals surface area contributed by atoms with Gasteiger partial charge in [0.15, 0.2) is 0 Å². The summed E-state index contributed by atoms with van der Waals surface area (Å²) in [7, 11) is 5.82. The van der Waals surface area contributed by atoms with E-state index in [4.69, 9.17) is 7.98 Å². The summed E-state index contributed by atoms with van der Waals surface area (Å²) >= 11 is 0. The Kier molecular flexibility index (Phi) is 5.99. The molecule has 1 atom stereocenters. The summed E-state index contributed by atoms with van der Waals surface area (Å²) in [5.74, 6) is -1.13. The zero-order valence-electron chi connectivity index (χ0n) is 12.4. The predicted molar refractivity (Wildman–Crippen MR) is 82.2 cm³/mol. The van der Waals surface area contributed by atoms with Gasteiger partial charge >= 0.3 is 0 Å². The fourth-order valence-electron chi connectivity index (χ4n) is 2.09. The Balaban J connectivity index is 2.99. The molecule has 0 saturated heterocycles. The Labute approximate surface area is 122 Å². The molecule has 0 aliphatic carbocycles. The van der Waals surface area contributed by atoms with Gasteiger partial charge in [0.25, 0.3) is 0 Å². The number of carbonyl (C=O) groups excluding carboxylic acids is 1. The van der Waals surface area contributed by atoms with Crippen molar-refractivity contribution >= 4 is 19.6 Å². The van der Waals surface area contributed by atoms with Crippen LogP contribution in [0.1, 0.15) is 38.7 Å². The highest BCUT2D eigenvalue weighted by molar-refractivity contribution is 6.31. The standard InChI is InChI=1S/C16H21BFNO/c1-5-6-9-13(11(2)3)16(20)19(17)14-10-7-8-12(4)15(14)18/h7-8,10,13H,2,5-6,9H2,1,3-4H3. The number of carbonyl (C=O) groups is 1. The highest BCUT2D eigenvalue weighted by Crippen LogP contribution is 2.25. The van der Waals surface area contributed by atoms with E-state index in [2.05, 4.69) is 13.5 Å². The van der Waals surface area contributed by atoms with Crippen LogP contribution in [0.3, 0.4) is 0 Å². The number of hydrogen-bond acceptors (Lipinski definition) is 1. The number of halogens is 1. The summed E-state index contributed by atoms with van der Waals surface area (Å²) in [5, 5.41) is 0. The van der Waals surface area contributed by atoms with Crippen molar-refractivity contribution in [1.29, 1.82) is 0 Å². The highest BCUT2D eigenvalue weighted by Gasteiger charge is 2.24. The second-order valence-corrected chi connectivity index (χ2v) is 5.16. The van der Waals surface area contributed by atoms with Gasteiger partial charge in [-0.2, -0.15) is 0 Å². The molecule has 1 amide bonds. The summed E-state index contributed by atoms with van der Waals surface area (Å²) in [6.07, 6.45) is 2.58. The van der Waals surface area contributed by atoms with Crippen LogP contribution in [0.2, 0.25) is 0 Å². The van der Waals surface area contributed by atoms with E-state index in [1.54, 1.807) is 26.0 Å². The van der Waals surface area contributed by atoms with Crippen LogP contribution < -0.4 is 4.81 Å². The third-order valence-corrected chi connectivity index (χ3v) is 3.41. The second-order valence-electron chi connectivity index (χ2n) is 5.16. The Morgan fingerprint density at radius 3 is 2.70 bits per heavy atom. The SMILES string of the molecule is [B]N(C(=O)C(CCCC)C(=C)C)c1cccc(C)c1F. The lowest BCUT2D eigenvalue weighted by Crippen LogP contribution is -2.35. The molecule has 1 aromatic rings. The molecule has 0 bridgehead atoms. The van der Waals surface area contributed by atoms with E-state index < -0.39 is 5.82 Å². The molecule has 0 heterocycles. The van der Waals surface area contributed by atoms with Crippen LogP contribution in [-0.4, -0.2) is 13.9 Å². The maximum absolute atomic E-state index is 14.0. The number of amides is 1. The van der Waals surface area contributed by atoms with Gasteiger partial charge in [-0.1, -0.05) is 44.1 Å². The van der Waals surface area contributed by atoms with Gasteiger partial charge in [-0.3, -0.25) is 4.79 Å². The molecule has 2 nitrogen and oxygen atoms in total. The zero-order valence-corrected chi connectivity index (χ0v) is 12.4. The Morgan fingerprint density at radius 1 is 1.50 bits per heavy atom. The van der Waals surface area contributed by atoms with E-state index in [1.807, 2.05) is 0 Å². The predicted octanol–water partition coefficient (Wildman–Crippen LogP) is 3.93. The van der Waals surface area contributed by atoms with Crippen LogP contribution >= 0.6 is 0 Å². The van der Waals surface area contributed by atoms with Crippen molar-refractivity contribution in [3.63, 3.8) is 0 Å². The normalized spacial score (nSPS) is 12.0. The molecule has 1 unspecified atom stereocenters. The van der Waals surface area contributed by atoms with Crippen LogP contribution in [0.15, 0.2) is 30.4 Å². The van der Waals surface area contributed by atoms with Gasteiger partial charge in [-0.05, 0) is 31.9 Å². The first-order valence-electron chi connectivity index (χ1n) is 6.89. The molecule has 0 aliphatic rings. The summed E-state index contributed by atoms with van der Waals surface area (Å²) in [5.41, 5.74) is 1.33. The van der Waals surface area contributed by atoms with Crippen LogP contribution in [0.4, 0.5) is 10.1 Å². The van der Waals surface area contributed by atoms with Crippen LogP contribution in [0.5, 0.6) is 0 Å². The molecule has 4 heteroatoms. The third-order valence-electron chi connectivity index (χ3n) is 3.41. The van der Waals surface area contributed by atoms with Crippen molar-refractivity contribution in [2.24, 2.45) is 5.92 Å². The Bertz CT molecular complexity index is 501. The van der Waals surface area contributed by atoms with Gasteiger partial charge in [0.1, 0.15) is 5.82 Å². The Hall–Kier alpha value is -1.58. The smallest absolute Gasteiger partial charge is 0.238 e. The van der Waals surface area contributed by atoms with E-state index >= 15 is 0 Å². The lowest BCUT2D eigenvalue weighted by molar-refractivity contribution is -0.120. The molecule has 0 saturated carbocycles. The number of unbranched alkanes of at least 4 members (excludes halogenated alkanes) is 1.